The lowest BCUT2D eigenvalue weighted by Gasteiger charge is -2.33. The van der Waals surface area contributed by atoms with Gasteiger partial charge < -0.3 is 14.7 Å². The summed E-state index contributed by atoms with van der Waals surface area (Å²) in [5.74, 6) is 1.11. The Bertz CT molecular complexity index is 493. The Morgan fingerprint density at radius 3 is 2.55 bits per heavy atom. The normalized spacial score (nSPS) is 17.6. The molecule has 0 aromatic heterocycles. The third-order valence-electron chi connectivity index (χ3n) is 4.12. The van der Waals surface area contributed by atoms with Crippen molar-refractivity contribution in [3.8, 4) is 5.75 Å². The van der Waals surface area contributed by atoms with Crippen molar-refractivity contribution in [1.82, 2.24) is 4.90 Å². The van der Waals surface area contributed by atoms with Gasteiger partial charge in [0.25, 0.3) is 5.91 Å². The lowest BCUT2D eigenvalue weighted by atomic mass is 10.0. The minimum Gasteiger partial charge on any atom is -0.490 e. The molecule has 0 aliphatic carbocycles. The minimum absolute atomic E-state index is 0.136. The van der Waals surface area contributed by atoms with Gasteiger partial charge in [-0.3, -0.25) is 4.79 Å². The molecule has 1 aliphatic rings. The van der Waals surface area contributed by atoms with Crippen molar-refractivity contribution in [2.24, 2.45) is 5.92 Å². The summed E-state index contributed by atoms with van der Waals surface area (Å²) in [7, 11) is 0. The average molecular weight is 305 g/mol. The number of amides is 1. The molecule has 0 bridgehead atoms. The number of nitrogens with zero attached hydrogens (tertiary/aromatic N) is 1. The van der Waals surface area contributed by atoms with Crippen molar-refractivity contribution < 1.29 is 14.6 Å². The molecule has 4 heteroatoms. The summed E-state index contributed by atoms with van der Waals surface area (Å²) < 4.78 is 6.04. The summed E-state index contributed by atoms with van der Waals surface area (Å²) in [6, 6.07) is 8.00. The highest BCUT2D eigenvalue weighted by Crippen LogP contribution is 2.22. The Morgan fingerprint density at radius 1 is 1.32 bits per heavy atom. The topological polar surface area (TPSA) is 49.8 Å². The molecular formula is C18H27NO3. The highest BCUT2D eigenvalue weighted by Gasteiger charge is 2.28. The summed E-state index contributed by atoms with van der Waals surface area (Å²) >= 11 is 0. The van der Waals surface area contributed by atoms with Crippen LogP contribution in [0.5, 0.6) is 5.75 Å². The van der Waals surface area contributed by atoms with E-state index in [1.165, 1.54) is 0 Å². The third kappa shape index (κ3) is 4.47. The smallest absolute Gasteiger partial charge is 0.251 e. The molecule has 0 radical (unpaired) electrons. The molecule has 0 spiro atoms. The number of carbonyl (C=O) groups is 1. The molecule has 1 fully saturated rings. The number of piperidine rings is 1. The maximum atomic E-state index is 12.2. The number of carbonyl (C=O) groups excluding carboxylic acids is 1. The monoisotopic (exact) mass is 305 g/mol. The minimum atomic E-state index is -0.867. The fourth-order valence-corrected chi connectivity index (χ4v) is 2.82. The molecule has 1 aromatic carbocycles. The molecule has 1 heterocycles. The lowest BCUT2D eigenvalue weighted by Crippen LogP contribution is -2.46. The Morgan fingerprint density at radius 2 is 1.95 bits per heavy atom. The first-order valence-electron chi connectivity index (χ1n) is 8.16. The number of benzene rings is 1. The van der Waals surface area contributed by atoms with E-state index in [2.05, 4.69) is 0 Å². The van der Waals surface area contributed by atoms with Gasteiger partial charge in [-0.2, -0.15) is 0 Å². The lowest BCUT2D eigenvalue weighted by molar-refractivity contribution is -0.142. The van der Waals surface area contributed by atoms with Crippen molar-refractivity contribution in [2.75, 3.05) is 13.1 Å². The zero-order valence-electron chi connectivity index (χ0n) is 13.8. The van der Waals surface area contributed by atoms with E-state index >= 15 is 0 Å². The number of para-hydroxylation sites is 1. The van der Waals surface area contributed by atoms with Crippen LogP contribution in [-0.4, -0.2) is 41.2 Å². The molecule has 0 saturated carbocycles. The SMILES string of the molecule is Cc1ccccc1OC1CCN(C(=O)C(O)CC(C)C)CC1. The fraction of sp³-hybridized carbons (Fsp3) is 0.611. The van der Waals surface area contributed by atoms with Crippen LogP contribution in [0.1, 0.15) is 38.7 Å². The van der Waals surface area contributed by atoms with E-state index in [9.17, 15) is 9.90 Å². The molecular weight excluding hydrogens is 278 g/mol. The highest BCUT2D eigenvalue weighted by atomic mass is 16.5. The largest absolute Gasteiger partial charge is 0.490 e. The molecule has 4 nitrogen and oxygen atoms in total. The number of aliphatic hydroxyl groups excluding tert-OH is 1. The molecule has 1 amide bonds. The van der Waals surface area contributed by atoms with E-state index < -0.39 is 6.10 Å². The van der Waals surface area contributed by atoms with Crippen molar-refractivity contribution >= 4 is 5.91 Å². The van der Waals surface area contributed by atoms with Crippen LogP contribution < -0.4 is 4.74 Å². The van der Waals surface area contributed by atoms with Crippen LogP contribution in [0.15, 0.2) is 24.3 Å². The molecule has 1 aromatic rings. The van der Waals surface area contributed by atoms with Gasteiger partial charge in [-0.05, 0) is 30.9 Å². The summed E-state index contributed by atoms with van der Waals surface area (Å²) in [6.07, 6.45) is 1.43. The van der Waals surface area contributed by atoms with E-state index in [4.69, 9.17) is 4.74 Å². The van der Waals surface area contributed by atoms with E-state index in [0.29, 0.717) is 25.4 Å². The summed E-state index contributed by atoms with van der Waals surface area (Å²) in [4.78, 5) is 14.0. The second-order valence-corrected chi connectivity index (χ2v) is 6.55. The molecule has 122 valence electrons. The second kappa shape index (κ2) is 7.63. The van der Waals surface area contributed by atoms with Gasteiger partial charge in [0.15, 0.2) is 0 Å². The number of ether oxygens (including phenoxy) is 1. The van der Waals surface area contributed by atoms with Crippen LogP contribution in [0.4, 0.5) is 0 Å². The van der Waals surface area contributed by atoms with Crippen LogP contribution in [-0.2, 0) is 4.79 Å². The predicted octanol–water partition coefficient (Wildman–Crippen LogP) is 2.77. The van der Waals surface area contributed by atoms with Crippen LogP contribution >= 0.6 is 0 Å². The van der Waals surface area contributed by atoms with Crippen molar-refractivity contribution in [2.45, 2.75) is 52.2 Å². The molecule has 1 atom stereocenters. The number of likely N-dealkylation sites (tertiary alicyclic amines) is 1. The number of hydrogen-bond donors (Lipinski definition) is 1. The molecule has 1 saturated heterocycles. The van der Waals surface area contributed by atoms with Gasteiger partial charge in [-0.25, -0.2) is 0 Å². The van der Waals surface area contributed by atoms with Crippen LogP contribution in [0.2, 0.25) is 0 Å². The molecule has 1 unspecified atom stereocenters. The Kier molecular flexibility index (Phi) is 5.83. The standard InChI is InChI=1S/C18H27NO3/c1-13(2)12-16(20)18(21)19-10-8-15(9-11-19)22-17-7-5-4-6-14(17)3/h4-7,13,15-16,20H,8-12H2,1-3H3. The van der Waals surface area contributed by atoms with E-state index in [-0.39, 0.29) is 12.0 Å². The fourth-order valence-electron chi connectivity index (χ4n) is 2.82. The first-order chi connectivity index (χ1) is 10.5. The predicted molar refractivity (Wildman–Crippen MR) is 86.9 cm³/mol. The Hall–Kier alpha value is -1.55. The van der Waals surface area contributed by atoms with Gasteiger partial charge in [0.2, 0.25) is 0 Å². The maximum Gasteiger partial charge on any atom is 0.251 e. The van der Waals surface area contributed by atoms with Crippen LogP contribution in [0.3, 0.4) is 0 Å². The number of rotatable bonds is 5. The zero-order chi connectivity index (χ0) is 16.1. The van der Waals surface area contributed by atoms with Gasteiger partial charge >= 0.3 is 0 Å². The zero-order valence-corrected chi connectivity index (χ0v) is 13.8. The van der Waals surface area contributed by atoms with E-state index in [0.717, 1.165) is 24.2 Å². The molecule has 1 aliphatic heterocycles. The summed E-state index contributed by atoms with van der Waals surface area (Å²) in [5.41, 5.74) is 1.13. The maximum absolute atomic E-state index is 12.2. The number of aliphatic hydroxyl groups is 1. The van der Waals surface area contributed by atoms with Gasteiger partial charge in [-0.1, -0.05) is 32.0 Å². The molecule has 22 heavy (non-hydrogen) atoms. The van der Waals surface area contributed by atoms with E-state index in [1.54, 1.807) is 4.90 Å². The summed E-state index contributed by atoms with van der Waals surface area (Å²) in [5, 5.41) is 9.96. The third-order valence-corrected chi connectivity index (χ3v) is 4.12. The van der Waals surface area contributed by atoms with Crippen LogP contribution in [0.25, 0.3) is 0 Å². The highest BCUT2D eigenvalue weighted by molar-refractivity contribution is 5.80. The Balaban J connectivity index is 1.83. The second-order valence-electron chi connectivity index (χ2n) is 6.55. The first kappa shape index (κ1) is 16.8. The molecule has 1 N–H and O–H groups in total. The quantitative estimate of drug-likeness (QED) is 0.910. The summed E-state index contributed by atoms with van der Waals surface area (Å²) in [6.45, 7) is 7.38. The van der Waals surface area contributed by atoms with Gasteiger partial charge in [-0.15, -0.1) is 0 Å². The number of hydrogen-bond acceptors (Lipinski definition) is 3. The van der Waals surface area contributed by atoms with Crippen molar-refractivity contribution in [1.29, 1.82) is 0 Å². The van der Waals surface area contributed by atoms with Gasteiger partial charge in [0.05, 0.1) is 0 Å². The van der Waals surface area contributed by atoms with Crippen molar-refractivity contribution in [3.05, 3.63) is 29.8 Å². The van der Waals surface area contributed by atoms with E-state index in [1.807, 2.05) is 45.0 Å². The van der Waals surface area contributed by atoms with Crippen molar-refractivity contribution in [3.63, 3.8) is 0 Å². The first-order valence-corrected chi connectivity index (χ1v) is 8.16. The van der Waals surface area contributed by atoms with Gasteiger partial charge in [0, 0.05) is 25.9 Å². The van der Waals surface area contributed by atoms with Crippen LogP contribution in [0, 0.1) is 12.8 Å². The molecule has 2 rings (SSSR count). The average Bonchev–Trinajstić information content (AvgIpc) is 2.49. The van der Waals surface area contributed by atoms with Gasteiger partial charge in [0.1, 0.15) is 18.0 Å². The number of aryl methyl sites for hydroxylation is 1. The Labute approximate surface area is 133 Å².